The second-order valence-electron chi connectivity index (χ2n) is 4.25. The van der Waals surface area contributed by atoms with E-state index in [0.717, 1.165) is 12.7 Å². The van der Waals surface area contributed by atoms with E-state index in [0.29, 0.717) is 11.8 Å². The van der Waals surface area contributed by atoms with Crippen molar-refractivity contribution in [1.82, 2.24) is 0 Å². The van der Waals surface area contributed by atoms with Crippen LogP contribution in [0.5, 0.6) is 0 Å². The third kappa shape index (κ3) is 2.01. The van der Waals surface area contributed by atoms with Gasteiger partial charge in [-0.2, -0.15) is 0 Å². The summed E-state index contributed by atoms with van der Waals surface area (Å²) in [5.41, 5.74) is 1.28. The van der Waals surface area contributed by atoms with Crippen LogP contribution in [-0.4, -0.2) is 6.29 Å². The fourth-order valence-electron chi connectivity index (χ4n) is 2.37. The minimum atomic E-state index is 0.136. The Kier molecular flexibility index (Phi) is 3.00. The minimum Gasteiger partial charge on any atom is -0.303 e. The Bertz CT molecular complexity index is 353. The van der Waals surface area contributed by atoms with E-state index in [9.17, 15) is 4.79 Å². The Balaban J connectivity index is 2.29. The molecule has 2 rings (SSSR count). The summed E-state index contributed by atoms with van der Waals surface area (Å²) >= 11 is 0. The number of carbonyl (C=O) groups excluding carboxylic acids is 1. The van der Waals surface area contributed by atoms with Gasteiger partial charge in [-0.05, 0) is 23.8 Å². The maximum Gasteiger partial charge on any atom is 0.124 e. The lowest BCUT2D eigenvalue weighted by molar-refractivity contribution is -0.112. The van der Waals surface area contributed by atoms with Crippen LogP contribution >= 0.6 is 0 Å². The summed E-state index contributed by atoms with van der Waals surface area (Å²) in [6.07, 6.45) is 6.45. The summed E-state index contributed by atoms with van der Waals surface area (Å²) in [4.78, 5) is 11.1. The highest BCUT2D eigenvalue weighted by atomic mass is 16.1. The van der Waals surface area contributed by atoms with Crippen LogP contribution in [0, 0.1) is 11.8 Å². The van der Waals surface area contributed by atoms with E-state index >= 15 is 0 Å². The number of hydrogen-bond donors (Lipinski definition) is 0. The average Bonchev–Trinajstić information content (AvgIpc) is 2.30. The number of aldehydes is 1. The smallest absolute Gasteiger partial charge is 0.124 e. The molecule has 0 N–H and O–H groups in total. The van der Waals surface area contributed by atoms with E-state index in [4.69, 9.17) is 0 Å². The SMILES string of the molecule is C[C@@H]1C=CC[C@@H](c2ccccc2)[C@@H]1C=O. The molecule has 1 nitrogen and oxygen atoms in total. The first-order chi connectivity index (χ1) is 7.33. The summed E-state index contributed by atoms with van der Waals surface area (Å²) in [7, 11) is 0. The summed E-state index contributed by atoms with van der Waals surface area (Å²) in [6, 6.07) is 10.3. The highest BCUT2D eigenvalue weighted by Gasteiger charge is 2.28. The Hall–Kier alpha value is -1.37. The van der Waals surface area contributed by atoms with Gasteiger partial charge in [-0.25, -0.2) is 0 Å². The third-order valence-electron chi connectivity index (χ3n) is 3.29. The lowest BCUT2D eigenvalue weighted by atomic mass is 9.74. The summed E-state index contributed by atoms with van der Waals surface area (Å²) in [6.45, 7) is 2.12. The molecule has 1 heteroatoms. The number of carbonyl (C=O) groups is 1. The highest BCUT2D eigenvalue weighted by Crippen LogP contribution is 2.36. The van der Waals surface area contributed by atoms with Crippen LogP contribution in [0.4, 0.5) is 0 Å². The van der Waals surface area contributed by atoms with Crippen LogP contribution in [0.3, 0.4) is 0 Å². The van der Waals surface area contributed by atoms with Crippen molar-refractivity contribution in [2.75, 3.05) is 0 Å². The normalized spacial score (nSPS) is 30.1. The second-order valence-corrected chi connectivity index (χ2v) is 4.25. The zero-order valence-electron chi connectivity index (χ0n) is 8.97. The summed E-state index contributed by atoms with van der Waals surface area (Å²) < 4.78 is 0. The molecule has 1 aromatic carbocycles. The van der Waals surface area contributed by atoms with Gasteiger partial charge in [0, 0.05) is 5.92 Å². The van der Waals surface area contributed by atoms with Crippen molar-refractivity contribution < 1.29 is 4.79 Å². The van der Waals surface area contributed by atoms with Crippen LogP contribution in [0.1, 0.15) is 24.8 Å². The fourth-order valence-corrected chi connectivity index (χ4v) is 2.37. The lowest BCUT2D eigenvalue weighted by Crippen LogP contribution is -2.23. The summed E-state index contributed by atoms with van der Waals surface area (Å²) in [5.74, 6) is 0.863. The van der Waals surface area contributed by atoms with Gasteiger partial charge in [0.25, 0.3) is 0 Å². The van der Waals surface area contributed by atoms with E-state index in [1.807, 2.05) is 18.2 Å². The Morgan fingerprint density at radius 2 is 2.00 bits per heavy atom. The first-order valence-corrected chi connectivity index (χ1v) is 5.50. The standard InChI is InChI=1S/C14H16O/c1-11-6-5-9-13(14(11)10-15)12-7-3-2-4-8-12/h2-8,10-11,13-14H,9H2,1H3/t11-,13+,14-/m1/s1. The van der Waals surface area contributed by atoms with Gasteiger partial charge in [0.1, 0.15) is 6.29 Å². The molecule has 1 aliphatic carbocycles. The molecule has 0 amide bonds. The van der Waals surface area contributed by atoms with Crippen LogP contribution in [0.2, 0.25) is 0 Å². The summed E-state index contributed by atoms with van der Waals surface area (Å²) in [5, 5.41) is 0. The van der Waals surface area contributed by atoms with Gasteiger partial charge in [-0.15, -0.1) is 0 Å². The molecule has 78 valence electrons. The number of benzene rings is 1. The Labute approximate surface area is 90.8 Å². The van der Waals surface area contributed by atoms with E-state index in [1.54, 1.807) is 0 Å². The molecule has 0 aromatic heterocycles. The first-order valence-electron chi connectivity index (χ1n) is 5.50. The molecule has 0 saturated heterocycles. The molecular weight excluding hydrogens is 184 g/mol. The Morgan fingerprint density at radius 3 is 2.67 bits per heavy atom. The van der Waals surface area contributed by atoms with Crippen molar-refractivity contribution in [3.05, 3.63) is 48.0 Å². The van der Waals surface area contributed by atoms with Gasteiger partial charge in [-0.1, -0.05) is 49.4 Å². The number of hydrogen-bond acceptors (Lipinski definition) is 1. The molecule has 0 unspecified atom stereocenters. The van der Waals surface area contributed by atoms with Gasteiger partial charge in [-0.3, -0.25) is 0 Å². The van der Waals surface area contributed by atoms with Crippen LogP contribution < -0.4 is 0 Å². The zero-order valence-corrected chi connectivity index (χ0v) is 8.97. The molecule has 0 fully saturated rings. The molecule has 15 heavy (non-hydrogen) atoms. The second kappa shape index (κ2) is 4.43. The van der Waals surface area contributed by atoms with Crippen molar-refractivity contribution in [3.63, 3.8) is 0 Å². The molecule has 1 aromatic rings. The van der Waals surface area contributed by atoms with Gasteiger partial charge in [0.05, 0.1) is 0 Å². The maximum absolute atomic E-state index is 11.1. The fraction of sp³-hybridized carbons (Fsp3) is 0.357. The van der Waals surface area contributed by atoms with E-state index in [2.05, 4.69) is 31.2 Å². The largest absolute Gasteiger partial charge is 0.303 e. The molecule has 0 spiro atoms. The van der Waals surface area contributed by atoms with Gasteiger partial charge >= 0.3 is 0 Å². The topological polar surface area (TPSA) is 17.1 Å². The predicted octanol–water partition coefficient (Wildman–Crippen LogP) is 3.18. The van der Waals surface area contributed by atoms with Gasteiger partial charge < -0.3 is 4.79 Å². The highest BCUT2D eigenvalue weighted by molar-refractivity contribution is 5.57. The quantitative estimate of drug-likeness (QED) is 0.529. The molecule has 3 atom stereocenters. The molecule has 1 aliphatic rings. The van der Waals surface area contributed by atoms with E-state index in [1.165, 1.54) is 5.56 Å². The number of allylic oxidation sites excluding steroid dienone is 2. The van der Waals surface area contributed by atoms with Gasteiger partial charge in [0.2, 0.25) is 0 Å². The predicted molar refractivity (Wildman–Crippen MR) is 61.7 cm³/mol. The van der Waals surface area contributed by atoms with E-state index < -0.39 is 0 Å². The zero-order chi connectivity index (χ0) is 10.7. The van der Waals surface area contributed by atoms with Crippen molar-refractivity contribution in [1.29, 1.82) is 0 Å². The molecular formula is C14H16O. The first kappa shape index (κ1) is 10.2. The molecule has 0 bridgehead atoms. The minimum absolute atomic E-state index is 0.136. The van der Waals surface area contributed by atoms with Crippen molar-refractivity contribution in [2.24, 2.45) is 11.8 Å². The van der Waals surface area contributed by atoms with Gasteiger partial charge in [0.15, 0.2) is 0 Å². The molecule has 0 heterocycles. The van der Waals surface area contributed by atoms with Crippen LogP contribution in [-0.2, 0) is 4.79 Å². The monoisotopic (exact) mass is 200 g/mol. The molecule has 0 aliphatic heterocycles. The van der Waals surface area contributed by atoms with Crippen LogP contribution in [0.25, 0.3) is 0 Å². The van der Waals surface area contributed by atoms with E-state index in [-0.39, 0.29) is 5.92 Å². The average molecular weight is 200 g/mol. The molecule has 0 radical (unpaired) electrons. The lowest BCUT2D eigenvalue weighted by Gasteiger charge is -2.29. The number of rotatable bonds is 2. The molecule has 0 saturated carbocycles. The Morgan fingerprint density at radius 1 is 1.27 bits per heavy atom. The van der Waals surface area contributed by atoms with Crippen LogP contribution in [0.15, 0.2) is 42.5 Å². The third-order valence-corrected chi connectivity index (χ3v) is 3.29. The van der Waals surface area contributed by atoms with Crippen molar-refractivity contribution >= 4 is 6.29 Å². The van der Waals surface area contributed by atoms with Crippen molar-refractivity contribution in [3.8, 4) is 0 Å². The maximum atomic E-state index is 11.1. The van der Waals surface area contributed by atoms with Crippen molar-refractivity contribution in [2.45, 2.75) is 19.3 Å².